The van der Waals surface area contributed by atoms with Crippen molar-refractivity contribution in [3.05, 3.63) is 0 Å². The third-order valence-corrected chi connectivity index (χ3v) is 4.75. The smallest absolute Gasteiger partial charge is 0.343 e. The summed E-state index contributed by atoms with van der Waals surface area (Å²) in [5.74, 6) is 0.404. The summed E-state index contributed by atoms with van der Waals surface area (Å²) in [5.41, 5.74) is 0. The van der Waals surface area contributed by atoms with Crippen LogP contribution in [-0.4, -0.2) is 75.6 Å². The number of aliphatic hydroxyl groups excluding tert-OH is 2. The van der Waals surface area contributed by atoms with Crippen molar-refractivity contribution >= 4 is 30.9 Å². The molecule has 6 nitrogen and oxygen atoms in total. The second-order valence-corrected chi connectivity index (χ2v) is 6.16. The molecule has 0 amide bonds. The first-order valence-electron chi connectivity index (χ1n) is 5.21. The van der Waals surface area contributed by atoms with Gasteiger partial charge in [0.25, 0.3) is 0 Å². The molecule has 104 valence electrons. The van der Waals surface area contributed by atoms with Crippen molar-refractivity contribution in [1.82, 2.24) is 9.34 Å². The predicted octanol–water partition coefficient (Wildman–Crippen LogP) is 0.153. The van der Waals surface area contributed by atoms with Gasteiger partial charge in [0, 0.05) is 37.9 Å². The lowest BCUT2D eigenvalue weighted by molar-refractivity contribution is 0.189. The zero-order valence-electron chi connectivity index (χ0n) is 9.50. The zero-order chi connectivity index (χ0) is 13.3. The Bertz CT molecular complexity index is 216. The molecule has 1 unspecified atom stereocenters. The highest BCUT2D eigenvalue weighted by molar-refractivity contribution is 7.52. The minimum absolute atomic E-state index is 0.00933. The van der Waals surface area contributed by atoms with Crippen LogP contribution in [0.25, 0.3) is 0 Å². The van der Waals surface area contributed by atoms with Gasteiger partial charge in [-0.15, -0.1) is 23.2 Å². The van der Waals surface area contributed by atoms with Crippen molar-refractivity contribution in [2.75, 3.05) is 51.2 Å². The summed E-state index contributed by atoms with van der Waals surface area (Å²) < 4.78 is 14.7. The van der Waals surface area contributed by atoms with E-state index in [1.54, 1.807) is 0 Å². The average Bonchev–Trinajstić information content (AvgIpc) is 2.28. The Kier molecular flexibility index (Phi) is 9.87. The molecule has 0 spiro atoms. The summed E-state index contributed by atoms with van der Waals surface area (Å²) in [5, 5.41) is 17.7. The first-order valence-corrected chi connectivity index (χ1v) is 7.85. The summed E-state index contributed by atoms with van der Waals surface area (Å²) >= 11 is 11.1. The molecule has 0 bridgehead atoms. The van der Waals surface area contributed by atoms with Crippen LogP contribution in [0.3, 0.4) is 0 Å². The van der Waals surface area contributed by atoms with Crippen molar-refractivity contribution in [3.8, 4) is 0 Å². The molecule has 0 fully saturated rings. The summed E-state index contributed by atoms with van der Waals surface area (Å²) in [6.07, 6.45) is 0. The Labute approximate surface area is 111 Å². The van der Waals surface area contributed by atoms with Crippen LogP contribution >= 0.6 is 30.9 Å². The molecule has 0 aromatic heterocycles. The lowest BCUT2D eigenvalue weighted by atomic mass is 10.6. The average molecular weight is 309 g/mol. The first-order chi connectivity index (χ1) is 8.04. The van der Waals surface area contributed by atoms with Gasteiger partial charge < -0.3 is 15.1 Å². The van der Waals surface area contributed by atoms with Crippen LogP contribution in [0.2, 0.25) is 0 Å². The Morgan fingerprint density at radius 1 is 0.882 bits per heavy atom. The molecular formula is C8H19Cl2N2O4P. The van der Waals surface area contributed by atoms with Gasteiger partial charge in [-0.2, -0.15) is 0 Å². The highest BCUT2D eigenvalue weighted by Crippen LogP contribution is 2.48. The number of aliphatic hydroxyl groups is 2. The van der Waals surface area contributed by atoms with E-state index in [9.17, 15) is 9.46 Å². The van der Waals surface area contributed by atoms with E-state index in [4.69, 9.17) is 33.4 Å². The topological polar surface area (TPSA) is 84.2 Å². The van der Waals surface area contributed by atoms with Gasteiger partial charge in [0.1, 0.15) is 0 Å². The van der Waals surface area contributed by atoms with E-state index in [1.165, 1.54) is 4.67 Å². The van der Waals surface area contributed by atoms with E-state index in [2.05, 4.69) is 0 Å². The molecule has 0 radical (unpaired) electrons. The molecule has 0 aromatic rings. The SMILES string of the molecule is O=P(O)(N(CCO)CCO)N(CCCl)CCCl. The molecule has 0 aromatic carbocycles. The van der Waals surface area contributed by atoms with Crippen molar-refractivity contribution in [2.45, 2.75) is 0 Å². The van der Waals surface area contributed by atoms with E-state index < -0.39 is 7.67 Å². The molecule has 9 heteroatoms. The molecule has 3 N–H and O–H groups in total. The van der Waals surface area contributed by atoms with E-state index in [-0.39, 0.29) is 51.2 Å². The van der Waals surface area contributed by atoms with Crippen molar-refractivity contribution in [1.29, 1.82) is 0 Å². The third-order valence-electron chi connectivity index (χ3n) is 2.14. The minimum Gasteiger partial charge on any atom is -0.395 e. The van der Waals surface area contributed by atoms with E-state index in [0.29, 0.717) is 0 Å². The zero-order valence-corrected chi connectivity index (χ0v) is 11.9. The molecule has 0 heterocycles. The Morgan fingerprint density at radius 3 is 1.53 bits per heavy atom. The van der Waals surface area contributed by atoms with Gasteiger partial charge >= 0.3 is 7.67 Å². The number of nitrogens with zero attached hydrogens (tertiary/aromatic N) is 2. The van der Waals surface area contributed by atoms with Crippen molar-refractivity contribution in [2.24, 2.45) is 0 Å². The quantitative estimate of drug-likeness (QED) is 0.394. The molecule has 0 saturated carbocycles. The van der Waals surface area contributed by atoms with Gasteiger partial charge in [-0.1, -0.05) is 0 Å². The highest BCUT2D eigenvalue weighted by atomic mass is 35.5. The van der Waals surface area contributed by atoms with E-state index >= 15 is 0 Å². The van der Waals surface area contributed by atoms with Gasteiger partial charge in [-0.25, -0.2) is 9.34 Å². The first kappa shape index (κ1) is 17.6. The standard InChI is InChI=1S/C8H19Cl2N2O4P/c9-1-3-11(4-2-10)17(15,16)12(5-7-13)6-8-14/h13-14H,1-8H2,(H,15,16). The highest BCUT2D eigenvalue weighted by Gasteiger charge is 2.34. The summed E-state index contributed by atoms with van der Waals surface area (Å²) in [7, 11) is -3.80. The fourth-order valence-corrected chi connectivity index (χ4v) is 3.77. The van der Waals surface area contributed by atoms with Gasteiger partial charge in [0.2, 0.25) is 0 Å². The number of hydrogen-bond donors (Lipinski definition) is 3. The van der Waals surface area contributed by atoms with Crippen LogP contribution < -0.4 is 0 Å². The van der Waals surface area contributed by atoms with Crippen LogP contribution in [0, 0.1) is 0 Å². The largest absolute Gasteiger partial charge is 0.395 e. The molecule has 0 aliphatic heterocycles. The van der Waals surface area contributed by atoms with E-state index in [1.807, 2.05) is 0 Å². The van der Waals surface area contributed by atoms with Crippen LogP contribution in [-0.2, 0) is 4.57 Å². The molecule has 17 heavy (non-hydrogen) atoms. The molecular weight excluding hydrogens is 290 g/mol. The van der Waals surface area contributed by atoms with Crippen LogP contribution in [0.5, 0.6) is 0 Å². The Hall–Kier alpha value is 0.610. The summed E-state index contributed by atoms with van der Waals surface area (Å²) in [6, 6.07) is 0. The molecule has 0 aliphatic rings. The minimum atomic E-state index is -3.80. The van der Waals surface area contributed by atoms with Gasteiger partial charge in [-0.05, 0) is 0 Å². The van der Waals surface area contributed by atoms with Crippen LogP contribution in [0.1, 0.15) is 0 Å². The summed E-state index contributed by atoms with van der Waals surface area (Å²) in [6.45, 7) is -0.0735. The molecule has 1 atom stereocenters. The second kappa shape index (κ2) is 9.53. The Balaban J connectivity index is 4.78. The van der Waals surface area contributed by atoms with Gasteiger partial charge in [0.05, 0.1) is 13.2 Å². The fourth-order valence-electron chi connectivity index (χ4n) is 1.35. The number of halogens is 2. The van der Waals surface area contributed by atoms with Crippen molar-refractivity contribution in [3.63, 3.8) is 0 Å². The lowest BCUT2D eigenvalue weighted by Gasteiger charge is -2.33. The lowest BCUT2D eigenvalue weighted by Crippen LogP contribution is -2.37. The second-order valence-electron chi connectivity index (χ2n) is 3.25. The van der Waals surface area contributed by atoms with E-state index in [0.717, 1.165) is 4.67 Å². The monoisotopic (exact) mass is 308 g/mol. The maximum atomic E-state index is 12.2. The summed E-state index contributed by atoms with van der Waals surface area (Å²) in [4.78, 5) is 10.0. The maximum absolute atomic E-state index is 12.2. The van der Waals surface area contributed by atoms with Gasteiger partial charge in [-0.3, -0.25) is 4.57 Å². The fraction of sp³-hybridized carbons (Fsp3) is 1.00. The normalized spacial score (nSPS) is 15.5. The number of hydrogen-bond acceptors (Lipinski definition) is 3. The molecule has 0 aliphatic carbocycles. The van der Waals surface area contributed by atoms with Crippen LogP contribution in [0.15, 0.2) is 0 Å². The third kappa shape index (κ3) is 5.85. The molecule has 0 saturated heterocycles. The predicted molar refractivity (Wildman–Crippen MR) is 68.6 cm³/mol. The maximum Gasteiger partial charge on any atom is 0.343 e. The number of rotatable bonds is 10. The number of alkyl halides is 2. The van der Waals surface area contributed by atoms with Crippen molar-refractivity contribution < 1.29 is 19.7 Å². The van der Waals surface area contributed by atoms with Gasteiger partial charge in [0.15, 0.2) is 0 Å². The van der Waals surface area contributed by atoms with Crippen LogP contribution in [0.4, 0.5) is 0 Å². The molecule has 0 rings (SSSR count). The Morgan fingerprint density at radius 2 is 1.24 bits per heavy atom.